The Morgan fingerprint density at radius 1 is 1.07 bits per heavy atom. The molecule has 0 atom stereocenters. The Morgan fingerprint density at radius 2 is 1.60 bits per heavy atom. The zero-order chi connectivity index (χ0) is 11.9. The fraction of sp³-hybridized carbons (Fsp3) is 0.333. The highest BCUT2D eigenvalue weighted by Crippen LogP contribution is 2.32. The molecule has 0 radical (unpaired) electrons. The third-order valence-corrected chi connectivity index (χ3v) is 1.53. The summed E-state index contributed by atoms with van der Waals surface area (Å²) < 4.78 is 71.5. The Kier molecular flexibility index (Phi) is 2.77. The summed E-state index contributed by atoms with van der Waals surface area (Å²) in [6.45, 7) is 0. The van der Waals surface area contributed by atoms with E-state index < -0.39 is 28.5 Å². The molecule has 1 aromatic heterocycles. The number of hydrogen-bond donors (Lipinski definition) is 1. The van der Waals surface area contributed by atoms with Gasteiger partial charge in [0.1, 0.15) is 11.4 Å². The highest BCUT2D eigenvalue weighted by molar-refractivity contribution is 7.71. The number of nitrogens with zero attached hydrogens (tertiary/aromatic N) is 1. The summed E-state index contributed by atoms with van der Waals surface area (Å²) in [7, 11) is 0. The SMILES string of the molecule is FC(F)(F)c1cc(C(F)(F)F)[nH]c(=S)n1. The fourth-order valence-corrected chi connectivity index (χ4v) is 0.964. The lowest BCUT2D eigenvalue weighted by molar-refractivity contribution is -0.147. The minimum Gasteiger partial charge on any atom is -0.327 e. The Bertz CT molecular complexity index is 382. The minimum atomic E-state index is -4.96. The van der Waals surface area contributed by atoms with Crippen LogP contribution < -0.4 is 0 Å². The first kappa shape index (κ1) is 12.0. The van der Waals surface area contributed by atoms with Gasteiger partial charge in [0.2, 0.25) is 0 Å². The standard InChI is InChI=1S/C6H2F6N2S/c7-5(8,9)2-1-3(6(10,11)12)14-4(15)13-2/h1H,(H,13,14,15). The molecule has 84 valence electrons. The van der Waals surface area contributed by atoms with E-state index in [9.17, 15) is 26.3 Å². The van der Waals surface area contributed by atoms with E-state index in [2.05, 4.69) is 17.2 Å². The molecule has 0 saturated heterocycles. The number of rotatable bonds is 0. The van der Waals surface area contributed by atoms with Crippen LogP contribution in [-0.4, -0.2) is 9.97 Å². The van der Waals surface area contributed by atoms with Crippen LogP contribution in [0.5, 0.6) is 0 Å². The molecule has 0 amide bonds. The second-order valence-corrected chi connectivity index (χ2v) is 2.87. The molecule has 9 heteroatoms. The first-order chi connectivity index (χ1) is 6.60. The first-order valence-electron chi connectivity index (χ1n) is 3.36. The van der Waals surface area contributed by atoms with E-state index in [-0.39, 0.29) is 6.07 Å². The molecule has 0 aliphatic carbocycles. The van der Waals surface area contributed by atoms with Gasteiger partial charge in [0, 0.05) is 0 Å². The monoisotopic (exact) mass is 248 g/mol. The maximum atomic E-state index is 12.1. The molecule has 0 saturated carbocycles. The largest absolute Gasteiger partial charge is 0.433 e. The molecule has 0 aliphatic heterocycles. The van der Waals surface area contributed by atoms with Crippen LogP contribution >= 0.6 is 12.2 Å². The van der Waals surface area contributed by atoms with Crippen molar-refractivity contribution in [2.24, 2.45) is 0 Å². The summed E-state index contributed by atoms with van der Waals surface area (Å²) in [5.41, 5.74) is -3.24. The highest BCUT2D eigenvalue weighted by Gasteiger charge is 2.38. The molecule has 1 aromatic rings. The van der Waals surface area contributed by atoms with Gasteiger partial charge >= 0.3 is 12.4 Å². The van der Waals surface area contributed by atoms with E-state index in [1.165, 1.54) is 4.98 Å². The normalized spacial score (nSPS) is 12.9. The van der Waals surface area contributed by atoms with Gasteiger partial charge in [0.25, 0.3) is 0 Å². The number of hydrogen-bond acceptors (Lipinski definition) is 2. The molecule has 0 aromatic carbocycles. The number of H-pyrrole nitrogens is 1. The average molecular weight is 248 g/mol. The van der Waals surface area contributed by atoms with E-state index in [0.29, 0.717) is 0 Å². The second-order valence-electron chi connectivity index (χ2n) is 2.48. The molecular weight excluding hydrogens is 246 g/mol. The van der Waals surface area contributed by atoms with Crippen LogP contribution in [0.2, 0.25) is 0 Å². The Labute approximate surface area is 84.0 Å². The van der Waals surface area contributed by atoms with Crippen LogP contribution in [-0.2, 0) is 12.4 Å². The molecule has 0 bridgehead atoms. The van der Waals surface area contributed by atoms with Gasteiger partial charge < -0.3 is 4.98 Å². The Hall–Kier alpha value is -1.12. The highest BCUT2D eigenvalue weighted by atomic mass is 32.1. The number of aromatic amines is 1. The molecule has 0 spiro atoms. The van der Waals surface area contributed by atoms with Crippen LogP contribution in [0.1, 0.15) is 11.4 Å². The maximum absolute atomic E-state index is 12.1. The van der Waals surface area contributed by atoms with Crippen molar-refractivity contribution in [3.8, 4) is 0 Å². The predicted molar refractivity (Wildman–Crippen MR) is 39.4 cm³/mol. The Morgan fingerprint density at radius 3 is 2.00 bits per heavy atom. The van der Waals surface area contributed by atoms with Crippen molar-refractivity contribution in [2.45, 2.75) is 12.4 Å². The maximum Gasteiger partial charge on any atom is 0.433 e. The zero-order valence-electron chi connectivity index (χ0n) is 6.70. The summed E-state index contributed by atoms with van der Waals surface area (Å²) in [5.74, 6) is 0. The summed E-state index contributed by atoms with van der Waals surface area (Å²) >= 11 is 4.16. The van der Waals surface area contributed by atoms with Gasteiger partial charge in [-0.15, -0.1) is 0 Å². The smallest absolute Gasteiger partial charge is 0.327 e. The van der Waals surface area contributed by atoms with Gasteiger partial charge in [-0.05, 0) is 18.3 Å². The van der Waals surface area contributed by atoms with Crippen molar-refractivity contribution in [1.82, 2.24) is 9.97 Å². The molecule has 0 fully saturated rings. The molecule has 0 unspecified atom stereocenters. The lowest BCUT2D eigenvalue weighted by Crippen LogP contribution is -2.15. The average Bonchev–Trinajstić information content (AvgIpc) is 1.99. The van der Waals surface area contributed by atoms with Crippen molar-refractivity contribution in [1.29, 1.82) is 0 Å². The molecule has 15 heavy (non-hydrogen) atoms. The summed E-state index contributed by atoms with van der Waals surface area (Å²) in [6, 6.07) is -0.129. The third kappa shape index (κ3) is 2.91. The van der Waals surface area contributed by atoms with Crippen LogP contribution in [0.25, 0.3) is 0 Å². The lowest BCUT2D eigenvalue weighted by Gasteiger charge is -2.09. The van der Waals surface area contributed by atoms with Gasteiger partial charge in [0.05, 0.1) is 0 Å². The number of halogens is 6. The molecule has 1 N–H and O–H groups in total. The molecule has 1 rings (SSSR count). The van der Waals surface area contributed by atoms with Crippen LogP contribution in [0.15, 0.2) is 6.07 Å². The molecular formula is C6H2F6N2S. The predicted octanol–water partition coefficient (Wildman–Crippen LogP) is 3.18. The summed E-state index contributed by atoms with van der Waals surface area (Å²) in [5, 5.41) is 0. The molecule has 1 heterocycles. The first-order valence-corrected chi connectivity index (χ1v) is 3.77. The van der Waals surface area contributed by atoms with Gasteiger partial charge in [-0.25, -0.2) is 4.98 Å². The van der Waals surface area contributed by atoms with Crippen molar-refractivity contribution in [2.75, 3.05) is 0 Å². The van der Waals surface area contributed by atoms with Gasteiger partial charge in [-0.2, -0.15) is 26.3 Å². The van der Waals surface area contributed by atoms with Crippen molar-refractivity contribution in [3.05, 3.63) is 22.2 Å². The minimum absolute atomic E-state index is 0.129. The number of alkyl halides is 6. The molecule has 0 aliphatic rings. The summed E-state index contributed by atoms with van der Waals surface area (Å²) in [6.07, 6.45) is -9.88. The van der Waals surface area contributed by atoms with E-state index >= 15 is 0 Å². The van der Waals surface area contributed by atoms with E-state index in [1.54, 1.807) is 0 Å². The van der Waals surface area contributed by atoms with E-state index in [0.717, 1.165) is 0 Å². The van der Waals surface area contributed by atoms with Crippen LogP contribution in [0, 0.1) is 4.77 Å². The number of nitrogens with one attached hydrogen (secondary N) is 1. The van der Waals surface area contributed by atoms with Crippen molar-refractivity contribution in [3.63, 3.8) is 0 Å². The second kappa shape index (κ2) is 3.47. The Balaban J connectivity index is 3.36. The quantitative estimate of drug-likeness (QED) is 0.564. The van der Waals surface area contributed by atoms with Crippen molar-refractivity contribution < 1.29 is 26.3 Å². The zero-order valence-corrected chi connectivity index (χ0v) is 7.52. The van der Waals surface area contributed by atoms with Gasteiger partial charge in [0.15, 0.2) is 4.77 Å². The van der Waals surface area contributed by atoms with Crippen LogP contribution in [0.4, 0.5) is 26.3 Å². The molecule has 2 nitrogen and oxygen atoms in total. The van der Waals surface area contributed by atoms with E-state index in [1.807, 2.05) is 0 Å². The summed E-state index contributed by atoms with van der Waals surface area (Å²) in [4.78, 5) is 4.29. The van der Waals surface area contributed by atoms with Gasteiger partial charge in [-0.1, -0.05) is 0 Å². The van der Waals surface area contributed by atoms with E-state index in [4.69, 9.17) is 0 Å². The van der Waals surface area contributed by atoms with Gasteiger partial charge in [-0.3, -0.25) is 0 Å². The number of aromatic nitrogens is 2. The van der Waals surface area contributed by atoms with Crippen molar-refractivity contribution >= 4 is 12.2 Å². The lowest BCUT2D eigenvalue weighted by atomic mass is 10.3. The fourth-order valence-electron chi connectivity index (χ4n) is 0.756. The topological polar surface area (TPSA) is 28.7 Å². The third-order valence-electron chi connectivity index (χ3n) is 1.34. The van der Waals surface area contributed by atoms with Crippen LogP contribution in [0.3, 0.4) is 0 Å².